The first-order valence-electron chi connectivity index (χ1n) is 6.33. The second kappa shape index (κ2) is 6.12. The van der Waals surface area contributed by atoms with Crippen LogP contribution in [0, 0.1) is 10.1 Å². The summed E-state index contributed by atoms with van der Waals surface area (Å²) < 4.78 is 0. The van der Waals surface area contributed by atoms with E-state index in [-0.39, 0.29) is 11.5 Å². The molecule has 0 unspecified atom stereocenters. The summed E-state index contributed by atoms with van der Waals surface area (Å²) in [6.45, 7) is 5.61. The third-order valence-corrected chi connectivity index (χ3v) is 3.05. The molecule has 0 radical (unpaired) electrons. The predicted octanol–water partition coefficient (Wildman–Crippen LogP) is 1.97. The van der Waals surface area contributed by atoms with Gasteiger partial charge in [0.05, 0.1) is 4.92 Å². The van der Waals surface area contributed by atoms with Crippen molar-refractivity contribution >= 4 is 17.3 Å². The predicted molar refractivity (Wildman–Crippen MR) is 73.4 cm³/mol. The van der Waals surface area contributed by atoms with Crippen LogP contribution in [-0.2, 0) is 0 Å². The summed E-state index contributed by atoms with van der Waals surface area (Å²) in [5.74, 6) is 0.659. The van der Waals surface area contributed by atoms with Crippen LogP contribution in [0.4, 0.5) is 17.3 Å². The van der Waals surface area contributed by atoms with E-state index in [1.165, 1.54) is 6.33 Å². The zero-order chi connectivity index (χ0) is 13.7. The van der Waals surface area contributed by atoms with Crippen molar-refractivity contribution in [2.45, 2.75) is 19.3 Å². The summed E-state index contributed by atoms with van der Waals surface area (Å²) in [4.78, 5) is 20.9. The quantitative estimate of drug-likeness (QED) is 0.496. The van der Waals surface area contributed by atoms with Crippen molar-refractivity contribution < 1.29 is 4.92 Å². The molecular weight excluding hydrogens is 246 g/mol. The van der Waals surface area contributed by atoms with Crippen molar-refractivity contribution in [2.75, 3.05) is 29.9 Å². The fraction of sp³-hybridized carbons (Fsp3) is 0.500. The largest absolute Gasteiger partial charge is 0.361 e. The highest BCUT2D eigenvalue weighted by Crippen LogP contribution is 2.32. The molecule has 0 amide bonds. The molecule has 1 aromatic rings. The summed E-state index contributed by atoms with van der Waals surface area (Å²) in [5.41, 5.74) is -0.0498. The van der Waals surface area contributed by atoms with Crippen LogP contribution in [0.15, 0.2) is 19.0 Å². The number of nitro groups is 1. The maximum atomic E-state index is 11.3. The first-order valence-corrected chi connectivity index (χ1v) is 6.33. The Morgan fingerprint density at radius 1 is 1.42 bits per heavy atom. The van der Waals surface area contributed by atoms with Crippen LogP contribution in [0.2, 0.25) is 0 Å². The normalized spacial score (nSPS) is 15.1. The van der Waals surface area contributed by atoms with Crippen LogP contribution < -0.4 is 10.2 Å². The molecule has 2 rings (SSSR count). The van der Waals surface area contributed by atoms with E-state index in [1.54, 1.807) is 6.08 Å². The van der Waals surface area contributed by atoms with Gasteiger partial charge in [-0.3, -0.25) is 10.1 Å². The van der Waals surface area contributed by atoms with E-state index in [0.717, 1.165) is 32.4 Å². The molecule has 1 aromatic heterocycles. The Hall–Kier alpha value is -2.18. The van der Waals surface area contributed by atoms with Crippen molar-refractivity contribution in [3.05, 3.63) is 29.1 Å². The van der Waals surface area contributed by atoms with Gasteiger partial charge in [-0.2, -0.15) is 0 Å². The van der Waals surface area contributed by atoms with Crippen LogP contribution in [0.3, 0.4) is 0 Å². The Morgan fingerprint density at radius 3 is 2.79 bits per heavy atom. The highest BCUT2D eigenvalue weighted by atomic mass is 16.6. The Labute approximate surface area is 111 Å². The number of nitrogens with one attached hydrogen (secondary N) is 1. The Morgan fingerprint density at radius 2 is 2.16 bits per heavy atom. The van der Waals surface area contributed by atoms with Gasteiger partial charge in [-0.15, -0.1) is 6.58 Å². The van der Waals surface area contributed by atoms with Gasteiger partial charge in [-0.25, -0.2) is 9.97 Å². The lowest BCUT2D eigenvalue weighted by Gasteiger charge is -2.27. The molecule has 0 bridgehead atoms. The summed E-state index contributed by atoms with van der Waals surface area (Å²) in [7, 11) is 0. The lowest BCUT2D eigenvalue weighted by atomic mass is 10.1. The van der Waals surface area contributed by atoms with Crippen LogP contribution in [-0.4, -0.2) is 34.5 Å². The molecular formula is C12H17N5O2. The molecule has 0 aromatic carbocycles. The van der Waals surface area contributed by atoms with E-state index < -0.39 is 4.92 Å². The van der Waals surface area contributed by atoms with Gasteiger partial charge in [0.15, 0.2) is 0 Å². The van der Waals surface area contributed by atoms with E-state index in [0.29, 0.717) is 12.4 Å². The SMILES string of the molecule is C=CCNc1ncnc(N2CCCCC2)c1[N+](=O)[O-]. The van der Waals surface area contributed by atoms with Gasteiger partial charge in [0, 0.05) is 19.6 Å². The smallest absolute Gasteiger partial charge is 0.353 e. The number of nitrogens with zero attached hydrogens (tertiary/aromatic N) is 4. The molecule has 19 heavy (non-hydrogen) atoms. The minimum atomic E-state index is -0.421. The van der Waals surface area contributed by atoms with Crippen molar-refractivity contribution in [3.63, 3.8) is 0 Å². The molecule has 102 valence electrons. The highest BCUT2D eigenvalue weighted by Gasteiger charge is 2.27. The molecule has 2 heterocycles. The second-order valence-corrected chi connectivity index (χ2v) is 4.37. The second-order valence-electron chi connectivity index (χ2n) is 4.37. The van der Waals surface area contributed by atoms with Gasteiger partial charge in [0.2, 0.25) is 11.6 Å². The van der Waals surface area contributed by atoms with Gasteiger partial charge >= 0.3 is 5.69 Å². The van der Waals surface area contributed by atoms with Gasteiger partial charge in [0.1, 0.15) is 6.33 Å². The topological polar surface area (TPSA) is 84.2 Å². The van der Waals surface area contributed by atoms with E-state index in [2.05, 4.69) is 21.9 Å². The molecule has 0 saturated carbocycles. The lowest BCUT2D eigenvalue weighted by Crippen LogP contribution is -2.31. The standard InChI is InChI=1S/C12H17N5O2/c1-2-6-13-11-10(17(18)19)12(15-9-14-11)16-7-4-3-5-8-16/h2,9H,1,3-8H2,(H,13,14,15). The molecule has 1 N–H and O–H groups in total. The van der Waals surface area contributed by atoms with Crippen LogP contribution in [0.25, 0.3) is 0 Å². The summed E-state index contributed by atoms with van der Waals surface area (Å²) in [6.07, 6.45) is 6.23. The van der Waals surface area contributed by atoms with Gasteiger partial charge in [-0.05, 0) is 19.3 Å². The molecule has 1 aliphatic rings. The minimum absolute atomic E-state index is 0.0498. The van der Waals surface area contributed by atoms with Crippen LogP contribution in [0.5, 0.6) is 0 Å². The van der Waals surface area contributed by atoms with E-state index in [1.807, 2.05) is 4.90 Å². The van der Waals surface area contributed by atoms with Crippen molar-refractivity contribution in [3.8, 4) is 0 Å². The maximum Gasteiger partial charge on any atom is 0.353 e. The number of rotatable bonds is 5. The first kappa shape index (κ1) is 13.3. The van der Waals surface area contributed by atoms with Gasteiger partial charge in [-0.1, -0.05) is 6.08 Å². The number of hydrogen-bond acceptors (Lipinski definition) is 6. The fourth-order valence-corrected chi connectivity index (χ4v) is 2.17. The summed E-state index contributed by atoms with van der Waals surface area (Å²) >= 11 is 0. The van der Waals surface area contributed by atoms with E-state index in [9.17, 15) is 10.1 Å². The Balaban J connectivity index is 2.35. The molecule has 1 fully saturated rings. The molecule has 1 saturated heterocycles. The molecule has 0 atom stereocenters. The van der Waals surface area contributed by atoms with Crippen molar-refractivity contribution in [2.24, 2.45) is 0 Å². The third-order valence-electron chi connectivity index (χ3n) is 3.05. The van der Waals surface area contributed by atoms with Crippen LogP contribution in [0.1, 0.15) is 19.3 Å². The molecule has 0 aliphatic carbocycles. The molecule has 1 aliphatic heterocycles. The number of piperidine rings is 1. The summed E-state index contributed by atoms with van der Waals surface area (Å²) in [5, 5.41) is 14.2. The molecule has 7 nitrogen and oxygen atoms in total. The average Bonchev–Trinajstić information content (AvgIpc) is 2.45. The van der Waals surface area contributed by atoms with E-state index in [4.69, 9.17) is 0 Å². The Bertz CT molecular complexity index is 471. The van der Waals surface area contributed by atoms with Crippen molar-refractivity contribution in [1.29, 1.82) is 0 Å². The molecule has 0 spiro atoms. The number of hydrogen-bond donors (Lipinski definition) is 1. The van der Waals surface area contributed by atoms with E-state index >= 15 is 0 Å². The monoisotopic (exact) mass is 263 g/mol. The average molecular weight is 263 g/mol. The highest BCUT2D eigenvalue weighted by molar-refractivity contribution is 5.70. The Kier molecular flexibility index (Phi) is 4.27. The maximum absolute atomic E-state index is 11.3. The van der Waals surface area contributed by atoms with Crippen molar-refractivity contribution in [1.82, 2.24) is 9.97 Å². The van der Waals surface area contributed by atoms with Gasteiger partial charge in [0.25, 0.3) is 0 Å². The molecule has 7 heteroatoms. The third kappa shape index (κ3) is 2.98. The minimum Gasteiger partial charge on any atom is -0.361 e. The first-order chi connectivity index (χ1) is 9.24. The number of anilines is 2. The summed E-state index contributed by atoms with van der Waals surface area (Å²) in [6, 6.07) is 0. The fourth-order valence-electron chi connectivity index (χ4n) is 2.17. The zero-order valence-electron chi connectivity index (χ0n) is 10.7. The number of aromatic nitrogens is 2. The lowest BCUT2D eigenvalue weighted by molar-refractivity contribution is -0.383. The van der Waals surface area contributed by atoms with Crippen LogP contribution >= 0.6 is 0 Å². The zero-order valence-corrected chi connectivity index (χ0v) is 10.7. The van der Waals surface area contributed by atoms with Gasteiger partial charge < -0.3 is 10.2 Å².